The van der Waals surface area contributed by atoms with E-state index in [1.54, 1.807) is 22.9 Å². The van der Waals surface area contributed by atoms with Crippen molar-refractivity contribution in [2.24, 2.45) is 0 Å². The van der Waals surface area contributed by atoms with Crippen LogP contribution in [-0.2, 0) is 6.42 Å². The highest BCUT2D eigenvalue weighted by Gasteiger charge is 2.24. The Morgan fingerprint density at radius 2 is 1.87 bits per heavy atom. The second-order valence-corrected chi connectivity index (χ2v) is 8.39. The van der Waals surface area contributed by atoms with Crippen molar-refractivity contribution in [2.45, 2.75) is 19.4 Å². The summed E-state index contributed by atoms with van der Waals surface area (Å²) in [5.74, 6) is -2.22. The number of aliphatic hydroxyl groups excluding tert-OH is 1. The summed E-state index contributed by atoms with van der Waals surface area (Å²) in [5.41, 5.74) is 0.884. The number of carbonyl (C=O) groups is 1. The summed E-state index contributed by atoms with van der Waals surface area (Å²) in [5, 5.41) is 12.3. The average molecular weight is 451 g/mol. The third-order valence-corrected chi connectivity index (χ3v) is 5.85. The quantitative estimate of drug-likeness (QED) is 0.636. The number of rotatable bonds is 4. The van der Waals surface area contributed by atoms with Gasteiger partial charge in [0.25, 0.3) is 0 Å². The molecular weight excluding hydrogens is 431 g/mol. The highest BCUT2D eigenvalue weighted by Crippen LogP contribution is 2.28. The number of piperazine rings is 1. The molecule has 0 bridgehead atoms. The van der Waals surface area contributed by atoms with E-state index in [-0.39, 0.29) is 22.5 Å². The van der Waals surface area contributed by atoms with Gasteiger partial charge in [-0.3, -0.25) is 5.32 Å². The maximum Gasteiger partial charge on any atom is 0.323 e. The van der Waals surface area contributed by atoms with Crippen LogP contribution in [0.4, 0.5) is 28.9 Å². The third kappa shape index (κ3) is 4.72. The van der Waals surface area contributed by atoms with Crippen LogP contribution >= 0.6 is 11.3 Å². The molecule has 0 unspecified atom stereocenters. The van der Waals surface area contributed by atoms with Crippen LogP contribution in [0.2, 0.25) is 0 Å². The van der Waals surface area contributed by atoms with Gasteiger partial charge in [-0.25, -0.2) is 27.9 Å². The molecule has 1 aliphatic heterocycles. The minimum absolute atomic E-state index is 0.213. The first-order valence-corrected chi connectivity index (χ1v) is 10.5. The zero-order chi connectivity index (χ0) is 22.1. The maximum atomic E-state index is 14.4. The lowest BCUT2D eigenvalue weighted by Gasteiger charge is -2.35. The van der Waals surface area contributed by atoms with E-state index in [0.717, 1.165) is 23.5 Å². The molecule has 2 amide bonds. The van der Waals surface area contributed by atoms with Crippen LogP contribution in [0.25, 0.3) is 10.2 Å². The molecule has 3 aromatic rings. The number of aromatic nitrogens is 2. The van der Waals surface area contributed by atoms with E-state index in [0.29, 0.717) is 42.9 Å². The molecule has 1 aliphatic rings. The van der Waals surface area contributed by atoms with Gasteiger partial charge in [-0.15, -0.1) is 0 Å². The number of pyridine rings is 1. The van der Waals surface area contributed by atoms with Crippen molar-refractivity contribution in [3.8, 4) is 0 Å². The van der Waals surface area contributed by atoms with E-state index in [4.69, 9.17) is 0 Å². The minimum Gasteiger partial charge on any atom is -0.393 e. The molecule has 1 aromatic carbocycles. The fraction of sp³-hybridized carbons (Fsp3) is 0.350. The molecule has 1 atom stereocenters. The Labute approximate surface area is 180 Å². The number of hydrogen-bond acceptors (Lipinski definition) is 6. The van der Waals surface area contributed by atoms with Crippen LogP contribution in [0.3, 0.4) is 0 Å². The first-order valence-electron chi connectivity index (χ1n) is 9.69. The van der Waals surface area contributed by atoms with Crippen molar-refractivity contribution in [3.63, 3.8) is 0 Å². The number of benzene rings is 1. The third-order valence-electron chi connectivity index (χ3n) is 4.92. The first-order chi connectivity index (χ1) is 14.8. The second kappa shape index (κ2) is 8.67. The van der Waals surface area contributed by atoms with Gasteiger partial charge in [-0.05, 0) is 31.0 Å². The molecule has 0 aliphatic carbocycles. The van der Waals surface area contributed by atoms with Gasteiger partial charge in [0.05, 0.1) is 16.3 Å². The predicted octanol–water partition coefficient (Wildman–Crippen LogP) is 3.39. The molecule has 0 saturated carbocycles. The van der Waals surface area contributed by atoms with Crippen LogP contribution in [0.1, 0.15) is 12.5 Å². The van der Waals surface area contributed by atoms with Gasteiger partial charge in [-0.2, -0.15) is 0 Å². The van der Waals surface area contributed by atoms with E-state index in [1.807, 2.05) is 0 Å². The van der Waals surface area contributed by atoms with Gasteiger partial charge in [0.2, 0.25) is 0 Å². The molecule has 2 N–H and O–H groups in total. The Morgan fingerprint density at radius 1 is 1.16 bits per heavy atom. The highest BCUT2D eigenvalue weighted by atomic mass is 32.1. The average Bonchev–Trinajstić information content (AvgIpc) is 3.09. The zero-order valence-electron chi connectivity index (χ0n) is 16.6. The predicted molar refractivity (Wildman–Crippen MR) is 112 cm³/mol. The van der Waals surface area contributed by atoms with E-state index in [1.165, 1.54) is 6.07 Å². The zero-order valence-corrected chi connectivity index (χ0v) is 17.4. The summed E-state index contributed by atoms with van der Waals surface area (Å²) in [6.45, 7) is 3.10. The summed E-state index contributed by atoms with van der Waals surface area (Å²) in [6, 6.07) is 3.02. The van der Waals surface area contributed by atoms with Gasteiger partial charge in [-0.1, -0.05) is 11.3 Å². The van der Waals surface area contributed by atoms with E-state index >= 15 is 0 Å². The van der Waals surface area contributed by atoms with Crippen molar-refractivity contribution in [2.75, 3.05) is 36.4 Å². The standard InChI is InChI=1S/C20H20F3N5O2S/c1-11(29)6-12-7-15(23)18(24-10-12)27-2-4-28(5-3-27)20(30)26-19-25-16-8-13(21)14(22)9-17(16)31-19/h7-11,29H,2-6H2,1H3,(H,25,26,30)/t11-/m0/s1. The molecule has 1 saturated heterocycles. The molecule has 1 fully saturated rings. The van der Waals surface area contributed by atoms with E-state index in [9.17, 15) is 23.1 Å². The van der Waals surface area contributed by atoms with Crippen molar-refractivity contribution < 1.29 is 23.1 Å². The van der Waals surface area contributed by atoms with Crippen LogP contribution in [0.15, 0.2) is 24.4 Å². The molecule has 0 spiro atoms. The van der Waals surface area contributed by atoms with E-state index in [2.05, 4.69) is 15.3 Å². The fourth-order valence-corrected chi connectivity index (χ4v) is 4.29. The molecule has 2 aromatic heterocycles. The van der Waals surface area contributed by atoms with Gasteiger partial charge < -0.3 is 14.9 Å². The first kappa shape index (κ1) is 21.3. The van der Waals surface area contributed by atoms with Crippen molar-refractivity contribution in [3.05, 3.63) is 47.4 Å². The maximum absolute atomic E-state index is 14.4. The lowest BCUT2D eigenvalue weighted by molar-refractivity contribution is 0.195. The number of aliphatic hydroxyl groups is 1. The Hall–Kier alpha value is -2.92. The number of carbonyl (C=O) groups excluding carboxylic acids is 1. The Morgan fingerprint density at radius 3 is 2.55 bits per heavy atom. The summed E-state index contributed by atoms with van der Waals surface area (Å²) < 4.78 is 41.6. The molecule has 7 nitrogen and oxygen atoms in total. The molecule has 31 heavy (non-hydrogen) atoms. The number of fused-ring (bicyclic) bond motifs is 1. The number of amides is 2. The smallest absolute Gasteiger partial charge is 0.323 e. The number of anilines is 2. The number of nitrogens with one attached hydrogen (secondary N) is 1. The molecule has 11 heteroatoms. The molecule has 0 radical (unpaired) electrons. The van der Waals surface area contributed by atoms with E-state index < -0.39 is 23.6 Å². The number of halogens is 3. The summed E-state index contributed by atoms with van der Waals surface area (Å²) in [7, 11) is 0. The highest BCUT2D eigenvalue weighted by molar-refractivity contribution is 7.22. The molecule has 4 rings (SSSR count). The molecular formula is C20H20F3N5O2S. The normalized spacial score (nSPS) is 15.4. The second-order valence-electron chi connectivity index (χ2n) is 7.36. The fourth-order valence-electron chi connectivity index (χ4n) is 3.42. The summed E-state index contributed by atoms with van der Waals surface area (Å²) >= 11 is 1.05. The van der Waals surface area contributed by atoms with Gasteiger partial charge in [0.1, 0.15) is 0 Å². The Bertz CT molecular complexity index is 1080. The van der Waals surface area contributed by atoms with Crippen LogP contribution in [0, 0.1) is 17.5 Å². The van der Waals surface area contributed by atoms with Gasteiger partial charge in [0, 0.05) is 38.4 Å². The number of thiazole rings is 1. The number of hydrogen-bond donors (Lipinski definition) is 2. The van der Waals surface area contributed by atoms with Gasteiger partial charge >= 0.3 is 6.03 Å². The number of nitrogens with zero attached hydrogens (tertiary/aromatic N) is 4. The Kier molecular flexibility index (Phi) is 5.96. The minimum atomic E-state index is -0.994. The van der Waals surface area contributed by atoms with Crippen LogP contribution < -0.4 is 10.2 Å². The summed E-state index contributed by atoms with van der Waals surface area (Å²) in [4.78, 5) is 24.2. The topological polar surface area (TPSA) is 81.6 Å². The van der Waals surface area contributed by atoms with Crippen LogP contribution in [-0.4, -0.2) is 58.3 Å². The van der Waals surface area contributed by atoms with Crippen LogP contribution in [0.5, 0.6) is 0 Å². The van der Waals surface area contributed by atoms with Crippen molar-refractivity contribution in [1.82, 2.24) is 14.9 Å². The SMILES string of the molecule is C[C@H](O)Cc1cnc(N2CCN(C(=O)Nc3nc4cc(F)c(F)cc4s3)CC2)c(F)c1. The van der Waals surface area contributed by atoms with Gasteiger partial charge in [0.15, 0.2) is 28.4 Å². The largest absolute Gasteiger partial charge is 0.393 e. The van der Waals surface area contributed by atoms with Crippen molar-refractivity contribution >= 4 is 38.5 Å². The Balaban J connectivity index is 1.37. The van der Waals surface area contributed by atoms with Crippen molar-refractivity contribution in [1.29, 1.82) is 0 Å². The monoisotopic (exact) mass is 451 g/mol. The lowest BCUT2D eigenvalue weighted by atomic mass is 10.1. The molecule has 164 valence electrons. The number of urea groups is 1. The summed E-state index contributed by atoms with van der Waals surface area (Å²) in [6.07, 6.45) is 1.29. The lowest BCUT2D eigenvalue weighted by Crippen LogP contribution is -2.50. The molecule has 3 heterocycles.